The monoisotopic (exact) mass is 365 g/mol. The van der Waals surface area contributed by atoms with Gasteiger partial charge in [-0.1, -0.05) is 0 Å². The summed E-state index contributed by atoms with van der Waals surface area (Å²) in [4.78, 5) is 0. The molecule has 1 aliphatic rings. The zero-order chi connectivity index (χ0) is 13.2. The summed E-state index contributed by atoms with van der Waals surface area (Å²) >= 11 is -2.75. The normalized spacial score (nSPS) is 15.2. The summed E-state index contributed by atoms with van der Waals surface area (Å²) in [6.07, 6.45) is 1.98. The van der Waals surface area contributed by atoms with E-state index in [9.17, 15) is 3.10 Å². The molecule has 3 rings (SSSR count). The first-order valence-electron chi connectivity index (χ1n) is 6.09. The second kappa shape index (κ2) is 5.20. The Morgan fingerprint density at radius 1 is 0.895 bits per heavy atom. The molecule has 2 aromatic rings. The van der Waals surface area contributed by atoms with E-state index in [-0.39, 0.29) is 0 Å². The van der Waals surface area contributed by atoms with Crippen LogP contribution in [0.2, 0.25) is 0 Å². The topological polar surface area (TPSA) is 29.4 Å². The zero-order valence-corrected chi connectivity index (χ0v) is 12.9. The summed E-state index contributed by atoms with van der Waals surface area (Å²) in [5, 5.41) is 0. The van der Waals surface area contributed by atoms with E-state index in [1.165, 1.54) is 5.56 Å². The van der Waals surface area contributed by atoms with Gasteiger partial charge in [-0.05, 0) is 0 Å². The Kier molecular flexibility index (Phi) is 3.42. The van der Waals surface area contributed by atoms with E-state index in [4.69, 9.17) is 0 Å². The number of hydrogen-bond acceptors (Lipinski definition) is 1. The van der Waals surface area contributed by atoms with Crippen molar-refractivity contribution >= 4 is 29.1 Å². The van der Waals surface area contributed by atoms with Gasteiger partial charge in [0.25, 0.3) is 0 Å². The number of hydrogen-bond donors (Lipinski definition) is 0. The van der Waals surface area contributed by atoms with Gasteiger partial charge in [0.2, 0.25) is 0 Å². The molecular formula is C16H13NOTe. The number of aryl methyl sites for hydroxylation is 1. The summed E-state index contributed by atoms with van der Waals surface area (Å²) < 4.78 is 17.5. The van der Waals surface area contributed by atoms with E-state index >= 15 is 0 Å². The Morgan fingerprint density at radius 2 is 1.58 bits per heavy atom. The van der Waals surface area contributed by atoms with E-state index in [2.05, 4.69) is 22.3 Å². The fraction of sp³-hybridized carbons (Fsp3) is 0.0625. The molecule has 2 aromatic carbocycles. The average molecular weight is 363 g/mol. The van der Waals surface area contributed by atoms with Crippen molar-refractivity contribution in [1.82, 2.24) is 0 Å². The van der Waals surface area contributed by atoms with Gasteiger partial charge in [-0.2, -0.15) is 0 Å². The Labute approximate surface area is 119 Å². The third-order valence-corrected chi connectivity index (χ3v) is 6.16. The molecule has 0 N–H and O–H groups in total. The third-order valence-electron chi connectivity index (χ3n) is 3.04. The van der Waals surface area contributed by atoms with Crippen molar-refractivity contribution < 1.29 is 3.10 Å². The molecule has 94 valence electrons. The summed E-state index contributed by atoms with van der Waals surface area (Å²) in [5.74, 6) is 0. The molecule has 0 radical (unpaired) electrons. The van der Waals surface area contributed by atoms with Crippen molar-refractivity contribution in [2.75, 3.05) is 0 Å². The van der Waals surface area contributed by atoms with Gasteiger partial charge in [0, 0.05) is 0 Å². The summed E-state index contributed by atoms with van der Waals surface area (Å²) in [6.45, 7) is 2.05. The van der Waals surface area contributed by atoms with Crippen LogP contribution >= 0.6 is 0 Å². The van der Waals surface area contributed by atoms with E-state index in [0.717, 1.165) is 20.5 Å². The Balaban J connectivity index is 1.98. The standard InChI is InChI=1S/C16H13NOTe/c1-12-7-9-13(10-8-12)15-11-16(19(18)17-15)14-5-3-2-4-6-14/h2-11H,1H3. The van der Waals surface area contributed by atoms with Crippen LogP contribution in [0.3, 0.4) is 0 Å². The molecule has 1 aliphatic heterocycles. The number of nitrogens with zero attached hydrogens (tertiary/aromatic N) is 1. The number of allylic oxidation sites excluding steroid dienone is 1. The summed E-state index contributed by atoms with van der Waals surface area (Å²) in [7, 11) is 0. The first kappa shape index (κ1) is 12.5. The zero-order valence-electron chi connectivity index (χ0n) is 10.5. The van der Waals surface area contributed by atoms with Crippen LogP contribution < -0.4 is 0 Å². The van der Waals surface area contributed by atoms with E-state index in [1.54, 1.807) is 0 Å². The first-order valence-corrected chi connectivity index (χ1v) is 9.25. The van der Waals surface area contributed by atoms with Crippen LogP contribution in [0.15, 0.2) is 63.9 Å². The SMILES string of the molecule is Cc1ccc(C2=N[Te](=O)C(c3ccccc3)=C2)cc1. The van der Waals surface area contributed by atoms with Crippen LogP contribution in [-0.4, -0.2) is 25.5 Å². The van der Waals surface area contributed by atoms with Crippen LogP contribution in [0, 0.1) is 6.92 Å². The molecule has 0 saturated heterocycles. The van der Waals surface area contributed by atoms with Gasteiger partial charge >= 0.3 is 120 Å². The van der Waals surface area contributed by atoms with E-state index < -0.39 is 19.8 Å². The fourth-order valence-electron chi connectivity index (χ4n) is 1.99. The van der Waals surface area contributed by atoms with Crippen molar-refractivity contribution in [3.63, 3.8) is 0 Å². The average Bonchev–Trinajstić information content (AvgIpc) is 2.83. The quantitative estimate of drug-likeness (QED) is 0.753. The van der Waals surface area contributed by atoms with Crippen LogP contribution in [0.25, 0.3) is 3.62 Å². The fourth-order valence-corrected chi connectivity index (χ4v) is 4.80. The molecule has 3 heteroatoms. The Morgan fingerprint density at radius 3 is 2.26 bits per heavy atom. The van der Waals surface area contributed by atoms with Crippen molar-refractivity contribution in [2.24, 2.45) is 3.24 Å². The Bertz CT molecular complexity index is 684. The van der Waals surface area contributed by atoms with Gasteiger partial charge < -0.3 is 0 Å². The summed E-state index contributed by atoms with van der Waals surface area (Å²) in [6, 6.07) is 18.0. The van der Waals surface area contributed by atoms with Crippen LogP contribution in [-0.2, 0) is 3.10 Å². The van der Waals surface area contributed by atoms with Crippen molar-refractivity contribution in [1.29, 1.82) is 0 Å². The number of rotatable bonds is 2. The van der Waals surface area contributed by atoms with Gasteiger partial charge in [-0.15, -0.1) is 0 Å². The maximum absolute atomic E-state index is 12.2. The summed E-state index contributed by atoms with van der Waals surface area (Å²) in [5.41, 5.74) is 4.14. The molecule has 0 amide bonds. The second-order valence-corrected chi connectivity index (χ2v) is 7.66. The van der Waals surface area contributed by atoms with Gasteiger partial charge in [0.1, 0.15) is 0 Å². The van der Waals surface area contributed by atoms with Crippen molar-refractivity contribution in [2.45, 2.75) is 6.92 Å². The van der Waals surface area contributed by atoms with Gasteiger partial charge in [0.15, 0.2) is 0 Å². The molecule has 0 fully saturated rings. The van der Waals surface area contributed by atoms with Crippen LogP contribution in [0.1, 0.15) is 16.7 Å². The predicted molar refractivity (Wildman–Crippen MR) is 78.6 cm³/mol. The molecule has 0 bridgehead atoms. The second-order valence-electron chi connectivity index (χ2n) is 4.47. The molecule has 0 spiro atoms. The van der Waals surface area contributed by atoms with Gasteiger partial charge in [0.05, 0.1) is 0 Å². The predicted octanol–water partition coefficient (Wildman–Crippen LogP) is 3.34. The minimum absolute atomic E-state index is 0.852. The minimum atomic E-state index is -2.75. The van der Waals surface area contributed by atoms with Crippen molar-refractivity contribution in [3.8, 4) is 0 Å². The van der Waals surface area contributed by atoms with Crippen LogP contribution in [0.5, 0.6) is 0 Å². The molecule has 2 nitrogen and oxygen atoms in total. The molecule has 0 saturated carbocycles. The molecule has 19 heavy (non-hydrogen) atoms. The first-order chi connectivity index (χ1) is 9.24. The maximum atomic E-state index is 12.2. The van der Waals surface area contributed by atoms with Gasteiger partial charge in [-0.25, -0.2) is 0 Å². The molecule has 0 atom stereocenters. The third kappa shape index (κ3) is 2.58. The van der Waals surface area contributed by atoms with Gasteiger partial charge in [-0.3, -0.25) is 0 Å². The molecule has 0 aliphatic carbocycles. The molecule has 0 unspecified atom stereocenters. The number of benzene rings is 2. The van der Waals surface area contributed by atoms with Crippen molar-refractivity contribution in [3.05, 3.63) is 77.4 Å². The molecule has 0 aromatic heterocycles. The van der Waals surface area contributed by atoms with E-state index in [0.29, 0.717) is 0 Å². The molecule has 1 heterocycles. The molecular weight excluding hydrogens is 350 g/mol. The van der Waals surface area contributed by atoms with Crippen LogP contribution in [0.4, 0.5) is 0 Å². The Hall–Kier alpha value is -1.56. The van der Waals surface area contributed by atoms with E-state index in [1.807, 2.05) is 48.5 Å².